The minimum Gasteiger partial charge on any atom is -0.454 e. The van der Waals surface area contributed by atoms with Crippen LogP contribution in [0.25, 0.3) is 0 Å². The summed E-state index contributed by atoms with van der Waals surface area (Å²) in [6, 6.07) is 5.91. The SMILES string of the molecule is CCC(CNCc1ccc2c(c1)OCO2)NC(=O)OC(C)(C)C. The second-order valence-electron chi connectivity index (χ2n) is 6.57. The fourth-order valence-electron chi connectivity index (χ4n) is 2.21. The average molecular weight is 322 g/mol. The van der Waals surface area contributed by atoms with E-state index in [0.717, 1.165) is 23.5 Å². The molecule has 6 nitrogen and oxygen atoms in total. The number of carbonyl (C=O) groups excluding carboxylic acids is 1. The Bertz CT molecular complexity index is 540. The maximum absolute atomic E-state index is 11.8. The highest BCUT2D eigenvalue weighted by atomic mass is 16.7. The monoisotopic (exact) mass is 322 g/mol. The molecule has 1 aliphatic rings. The lowest BCUT2D eigenvalue weighted by Crippen LogP contribution is -2.43. The molecular formula is C17H26N2O4. The number of carbonyl (C=O) groups is 1. The molecule has 1 amide bonds. The van der Waals surface area contributed by atoms with E-state index in [-0.39, 0.29) is 18.9 Å². The highest BCUT2D eigenvalue weighted by Crippen LogP contribution is 2.32. The number of alkyl carbamates (subject to hydrolysis) is 1. The molecule has 0 radical (unpaired) electrons. The van der Waals surface area contributed by atoms with Gasteiger partial charge in [0.1, 0.15) is 5.60 Å². The predicted octanol–water partition coefficient (Wildman–Crippen LogP) is 2.81. The zero-order valence-corrected chi connectivity index (χ0v) is 14.3. The molecular weight excluding hydrogens is 296 g/mol. The molecule has 0 bridgehead atoms. The molecule has 2 rings (SSSR count). The maximum atomic E-state index is 11.8. The number of amides is 1. The number of rotatable bonds is 6. The van der Waals surface area contributed by atoms with Crippen LogP contribution in [0.15, 0.2) is 18.2 Å². The van der Waals surface area contributed by atoms with Crippen molar-refractivity contribution in [3.05, 3.63) is 23.8 Å². The van der Waals surface area contributed by atoms with Crippen LogP contribution in [0.3, 0.4) is 0 Å². The van der Waals surface area contributed by atoms with Crippen LogP contribution in [0.2, 0.25) is 0 Å². The normalized spacial score (nSPS) is 14.4. The van der Waals surface area contributed by atoms with Crippen molar-refractivity contribution in [2.24, 2.45) is 0 Å². The van der Waals surface area contributed by atoms with Crippen LogP contribution >= 0.6 is 0 Å². The zero-order valence-electron chi connectivity index (χ0n) is 14.3. The molecule has 1 heterocycles. The average Bonchev–Trinajstić information content (AvgIpc) is 2.91. The molecule has 0 aromatic heterocycles. The smallest absolute Gasteiger partial charge is 0.407 e. The standard InChI is InChI=1S/C17H26N2O4/c1-5-13(19-16(20)23-17(2,3)4)10-18-9-12-6-7-14-15(8-12)22-11-21-14/h6-8,13,18H,5,9-11H2,1-4H3,(H,19,20). The van der Waals surface area contributed by atoms with Gasteiger partial charge in [0, 0.05) is 19.1 Å². The van der Waals surface area contributed by atoms with Gasteiger partial charge in [0.05, 0.1) is 0 Å². The minimum atomic E-state index is -0.484. The Kier molecular flexibility index (Phi) is 5.71. The highest BCUT2D eigenvalue weighted by molar-refractivity contribution is 5.68. The number of nitrogens with one attached hydrogen (secondary N) is 2. The molecule has 6 heteroatoms. The molecule has 1 aliphatic heterocycles. The van der Waals surface area contributed by atoms with Crippen molar-refractivity contribution in [3.63, 3.8) is 0 Å². The van der Waals surface area contributed by atoms with Crippen LogP contribution in [0.5, 0.6) is 11.5 Å². The predicted molar refractivity (Wildman–Crippen MR) is 87.7 cm³/mol. The minimum absolute atomic E-state index is 0.0267. The highest BCUT2D eigenvalue weighted by Gasteiger charge is 2.18. The van der Waals surface area contributed by atoms with E-state index in [1.807, 2.05) is 45.9 Å². The van der Waals surface area contributed by atoms with E-state index < -0.39 is 5.60 Å². The zero-order chi connectivity index (χ0) is 16.9. The molecule has 1 atom stereocenters. The number of benzene rings is 1. The Morgan fingerprint density at radius 3 is 2.74 bits per heavy atom. The topological polar surface area (TPSA) is 68.8 Å². The molecule has 0 saturated heterocycles. The number of hydrogen-bond donors (Lipinski definition) is 2. The van der Waals surface area contributed by atoms with Gasteiger partial charge in [0.2, 0.25) is 6.79 Å². The summed E-state index contributed by atoms with van der Waals surface area (Å²) < 4.78 is 15.9. The molecule has 0 saturated carbocycles. The quantitative estimate of drug-likeness (QED) is 0.843. The first-order valence-electron chi connectivity index (χ1n) is 7.96. The Morgan fingerprint density at radius 2 is 2.04 bits per heavy atom. The van der Waals surface area contributed by atoms with Crippen molar-refractivity contribution >= 4 is 6.09 Å². The first kappa shape index (κ1) is 17.4. The summed E-state index contributed by atoms with van der Waals surface area (Å²) in [6.45, 7) is 9.24. The van der Waals surface area contributed by atoms with Gasteiger partial charge in [0.25, 0.3) is 0 Å². The van der Waals surface area contributed by atoms with Crippen molar-refractivity contribution in [1.82, 2.24) is 10.6 Å². The summed E-state index contributed by atoms with van der Waals surface area (Å²) in [7, 11) is 0. The van der Waals surface area contributed by atoms with Gasteiger partial charge in [-0.3, -0.25) is 0 Å². The fraction of sp³-hybridized carbons (Fsp3) is 0.588. The Balaban J connectivity index is 1.76. The lowest BCUT2D eigenvalue weighted by molar-refractivity contribution is 0.0502. The van der Waals surface area contributed by atoms with E-state index in [0.29, 0.717) is 13.1 Å². The van der Waals surface area contributed by atoms with Crippen molar-refractivity contribution in [1.29, 1.82) is 0 Å². The molecule has 128 valence electrons. The van der Waals surface area contributed by atoms with Crippen LogP contribution in [-0.2, 0) is 11.3 Å². The van der Waals surface area contributed by atoms with Gasteiger partial charge < -0.3 is 24.8 Å². The van der Waals surface area contributed by atoms with Gasteiger partial charge in [-0.05, 0) is 44.9 Å². The molecule has 0 spiro atoms. The molecule has 0 aliphatic carbocycles. The molecule has 1 aromatic carbocycles. The third-order valence-electron chi connectivity index (χ3n) is 3.37. The first-order valence-corrected chi connectivity index (χ1v) is 7.96. The van der Waals surface area contributed by atoms with E-state index in [9.17, 15) is 4.79 Å². The van der Waals surface area contributed by atoms with E-state index in [4.69, 9.17) is 14.2 Å². The van der Waals surface area contributed by atoms with E-state index >= 15 is 0 Å². The largest absolute Gasteiger partial charge is 0.454 e. The Labute approximate surface area is 137 Å². The number of ether oxygens (including phenoxy) is 3. The lowest BCUT2D eigenvalue weighted by atomic mass is 10.2. The summed E-state index contributed by atoms with van der Waals surface area (Å²) in [6.07, 6.45) is 0.446. The second kappa shape index (κ2) is 7.55. The van der Waals surface area contributed by atoms with Gasteiger partial charge >= 0.3 is 6.09 Å². The van der Waals surface area contributed by atoms with E-state index in [2.05, 4.69) is 10.6 Å². The molecule has 23 heavy (non-hydrogen) atoms. The molecule has 2 N–H and O–H groups in total. The van der Waals surface area contributed by atoms with Crippen LogP contribution in [0.4, 0.5) is 4.79 Å². The van der Waals surface area contributed by atoms with Gasteiger partial charge in [-0.15, -0.1) is 0 Å². The third-order valence-corrected chi connectivity index (χ3v) is 3.37. The van der Waals surface area contributed by atoms with Gasteiger partial charge in [-0.25, -0.2) is 4.79 Å². The van der Waals surface area contributed by atoms with E-state index in [1.165, 1.54) is 0 Å². The van der Waals surface area contributed by atoms with Crippen molar-refractivity contribution < 1.29 is 19.0 Å². The lowest BCUT2D eigenvalue weighted by Gasteiger charge is -2.23. The molecule has 1 unspecified atom stereocenters. The number of fused-ring (bicyclic) bond motifs is 1. The Hall–Kier alpha value is -1.95. The summed E-state index contributed by atoms with van der Waals surface area (Å²) in [5.74, 6) is 1.56. The van der Waals surface area contributed by atoms with Crippen LogP contribution in [-0.4, -0.2) is 31.1 Å². The van der Waals surface area contributed by atoms with Gasteiger partial charge in [0.15, 0.2) is 11.5 Å². The fourth-order valence-corrected chi connectivity index (χ4v) is 2.21. The summed E-state index contributed by atoms with van der Waals surface area (Å²) in [5.41, 5.74) is 0.629. The second-order valence-corrected chi connectivity index (χ2v) is 6.57. The summed E-state index contributed by atoms with van der Waals surface area (Å²) >= 11 is 0. The van der Waals surface area contributed by atoms with Crippen LogP contribution < -0.4 is 20.1 Å². The maximum Gasteiger partial charge on any atom is 0.407 e. The summed E-state index contributed by atoms with van der Waals surface area (Å²) in [5, 5.41) is 6.23. The van der Waals surface area contributed by atoms with Crippen LogP contribution in [0.1, 0.15) is 39.7 Å². The van der Waals surface area contributed by atoms with E-state index in [1.54, 1.807) is 0 Å². The van der Waals surface area contributed by atoms with Crippen molar-refractivity contribution in [3.8, 4) is 11.5 Å². The van der Waals surface area contributed by atoms with Gasteiger partial charge in [-0.1, -0.05) is 13.0 Å². The Morgan fingerprint density at radius 1 is 1.30 bits per heavy atom. The van der Waals surface area contributed by atoms with Gasteiger partial charge in [-0.2, -0.15) is 0 Å². The van der Waals surface area contributed by atoms with Crippen LogP contribution in [0, 0.1) is 0 Å². The van der Waals surface area contributed by atoms with Crippen molar-refractivity contribution in [2.45, 2.75) is 52.3 Å². The summed E-state index contributed by atoms with van der Waals surface area (Å²) in [4.78, 5) is 11.8. The third kappa shape index (κ3) is 5.63. The molecule has 0 fully saturated rings. The molecule has 1 aromatic rings. The van der Waals surface area contributed by atoms with Crippen molar-refractivity contribution in [2.75, 3.05) is 13.3 Å². The number of hydrogen-bond acceptors (Lipinski definition) is 5. The first-order chi connectivity index (χ1) is 10.9.